The Morgan fingerprint density at radius 2 is 1.95 bits per heavy atom. The zero-order valence-corrected chi connectivity index (χ0v) is 14.5. The highest BCUT2D eigenvalue weighted by atomic mass is 32.2. The molecule has 2 N–H and O–H groups in total. The summed E-state index contributed by atoms with van der Waals surface area (Å²) in [7, 11) is -3.30. The average molecular weight is 326 g/mol. The van der Waals surface area contributed by atoms with Crippen LogP contribution in [0.1, 0.15) is 51.6 Å². The molecule has 0 saturated heterocycles. The van der Waals surface area contributed by atoms with Crippen molar-refractivity contribution in [2.24, 2.45) is 5.92 Å². The highest BCUT2D eigenvalue weighted by Crippen LogP contribution is 2.19. The van der Waals surface area contributed by atoms with E-state index in [1.54, 1.807) is 18.2 Å². The average Bonchev–Trinajstić information content (AvgIpc) is 2.43. The predicted molar refractivity (Wildman–Crippen MR) is 90.2 cm³/mol. The van der Waals surface area contributed by atoms with Gasteiger partial charge in [0.1, 0.15) is 0 Å². The van der Waals surface area contributed by atoms with E-state index < -0.39 is 10.0 Å². The lowest BCUT2D eigenvalue weighted by molar-refractivity contribution is -0.125. The van der Waals surface area contributed by atoms with E-state index in [1.807, 2.05) is 19.9 Å². The van der Waals surface area contributed by atoms with Gasteiger partial charge >= 0.3 is 0 Å². The van der Waals surface area contributed by atoms with E-state index in [0.29, 0.717) is 5.69 Å². The zero-order valence-electron chi connectivity index (χ0n) is 13.7. The summed E-state index contributed by atoms with van der Waals surface area (Å²) < 4.78 is 25.0. The van der Waals surface area contributed by atoms with Crippen molar-refractivity contribution in [2.45, 2.75) is 46.1 Å². The molecule has 0 radical (unpaired) electrons. The number of nitrogens with one attached hydrogen (secondary N) is 2. The Morgan fingerprint density at radius 3 is 2.55 bits per heavy atom. The SMILES string of the molecule is CCCC[C@@H](C)C(=O)N[C@@H](C)c1cccc(NS(C)(=O)=O)c1. The smallest absolute Gasteiger partial charge is 0.229 e. The number of amides is 1. The van der Waals surface area contributed by atoms with Crippen molar-refractivity contribution >= 4 is 21.6 Å². The Bertz CT molecular complexity index is 599. The number of sulfonamides is 1. The summed E-state index contributed by atoms with van der Waals surface area (Å²) in [5.41, 5.74) is 1.37. The maximum Gasteiger partial charge on any atom is 0.229 e. The van der Waals surface area contributed by atoms with Gasteiger partial charge < -0.3 is 5.32 Å². The van der Waals surface area contributed by atoms with Crippen LogP contribution in [0, 0.1) is 5.92 Å². The van der Waals surface area contributed by atoms with Gasteiger partial charge in [-0.15, -0.1) is 0 Å². The van der Waals surface area contributed by atoms with Crippen molar-refractivity contribution in [3.63, 3.8) is 0 Å². The highest BCUT2D eigenvalue weighted by Gasteiger charge is 2.16. The molecular formula is C16H26N2O3S. The third-order valence-corrected chi connectivity index (χ3v) is 4.09. The molecule has 5 nitrogen and oxygen atoms in total. The van der Waals surface area contributed by atoms with Crippen molar-refractivity contribution < 1.29 is 13.2 Å². The molecule has 0 aromatic heterocycles. The van der Waals surface area contributed by atoms with Crippen molar-refractivity contribution in [1.82, 2.24) is 5.32 Å². The van der Waals surface area contributed by atoms with Crippen LogP contribution < -0.4 is 10.0 Å². The summed E-state index contributed by atoms with van der Waals surface area (Å²) in [6.45, 7) is 5.93. The van der Waals surface area contributed by atoms with Crippen LogP contribution in [0.2, 0.25) is 0 Å². The van der Waals surface area contributed by atoms with Crippen LogP contribution in [0.4, 0.5) is 5.69 Å². The first-order chi connectivity index (χ1) is 10.2. The summed E-state index contributed by atoms with van der Waals surface area (Å²) in [6.07, 6.45) is 4.11. The molecule has 6 heteroatoms. The van der Waals surface area contributed by atoms with Crippen LogP contribution in [-0.4, -0.2) is 20.6 Å². The molecule has 124 valence electrons. The second kappa shape index (κ2) is 8.17. The monoisotopic (exact) mass is 326 g/mol. The van der Waals surface area contributed by atoms with Crippen LogP contribution in [-0.2, 0) is 14.8 Å². The van der Waals surface area contributed by atoms with Gasteiger partial charge in [0.2, 0.25) is 15.9 Å². The Hall–Kier alpha value is -1.56. The number of rotatable bonds is 8. The van der Waals surface area contributed by atoms with E-state index in [1.165, 1.54) is 0 Å². The van der Waals surface area contributed by atoms with Crippen LogP contribution in [0.25, 0.3) is 0 Å². The molecule has 2 atom stereocenters. The first-order valence-corrected chi connectivity index (χ1v) is 9.50. The molecular weight excluding hydrogens is 300 g/mol. The third kappa shape index (κ3) is 6.47. The molecule has 1 rings (SSSR count). The number of carbonyl (C=O) groups is 1. The lowest BCUT2D eigenvalue weighted by atomic mass is 10.0. The molecule has 1 amide bonds. The Morgan fingerprint density at radius 1 is 1.27 bits per heavy atom. The summed E-state index contributed by atoms with van der Waals surface area (Å²) in [6, 6.07) is 6.89. The van der Waals surface area contributed by atoms with Crippen LogP contribution in [0.15, 0.2) is 24.3 Å². The predicted octanol–water partition coefficient (Wildman–Crippen LogP) is 3.06. The van der Waals surface area contributed by atoms with E-state index in [2.05, 4.69) is 17.0 Å². The standard InChI is InChI=1S/C16H26N2O3S/c1-5-6-8-12(2)16(19)17-13(3)14-9-7-10-15(11-14)18-22(4,20)21/h7,9-13,18H,5-6,8H2,1-4H3,(H,17,19)/t12-,13+/m1/s1. The van der Waals surface area contributed by atoms with Gasteiger partial charge in [0.05, 0.1) is 12.3 Å². The number of carbonyl (C=O) groups excluding carboxylic acids is 1. The molecule has 0 heterocycles. The Kier molecular flexibility index (Phi) is 6.87. The first kappa shape index (κ1) is 18.5. The second-order valence-corrected chi connectivity index (χ2v) is 7.52. The number of hydrogen-bond acceptors (Lipinski definition) is 3. The van der Waals surface area contributed by atoms with Gasteiger partial charge in [-0.1, -0.05) is 38.8 Å². The topological polar surface area (TPSA) is 75.3 Å². The largest absolute Gasteiger partial charge is 0.349 e. The molecule has 0 saturated carbocycles. The number of unbranched alkanes of at least 4 members (excludes halogenated alkanes) is 1. The summed E-state index contributed by atoms with van der Waals surface area (Å²) in [4.78, 5) is 12.1. The quantitative estimate of drug-likeness (QED) is 0.771. The van der Waals surface area contributed by atoms with Gasteiger partial charge in [0, 0.05) is 11.6 Å². The van der Waals surface area contributed by atoms with Gasteiger partial charge in [-0.05, 0) is 31.0 Å². The molecule has 0 unspecified atom stereocenters. The molecule has 0 spiro atoms. The van der Waals surface area contributed by atoms with Gasteiger partial charge in [0.15, 0.2) is 0 Å². The number of benzene rings is 1. The minimum absolute atomic E-state index is 0.0141. The van der Waals surface area contributed by atoms with E-state index in [9.17, 15) is 13.2 Å². The fourth-order valence-electron chi connectivity index (χ4n) is 2.17. The minimum atomic E-state index is -3.30. The van der Waals surface area contributed by atoms with E-state index in [0.717, 1.165) is 31.1 Å². The fourth-order valence-corrected chi connectivity index (χ4v) is 2.72. The minimum Gasteiger partial charge on any atom is -0.349 e. The normalized spacial score (nSPS) is 14.2. The zero-order chi connectivity index (χ0) is 16.8. The number of hydrogen-bond donors (Lipinski definition) is 2. The van der Waals surface area contributed by atoms with Gasteiger partial charge in [-0.25, -0.2) is 8.42 Å². The van der Waals surface area contributed by atoms with Gasteiger partial charge in [-0.2, -0.15) is 0 Å². The first-order valence-electron chi connectivity index (χ1n) is 7.61. The lowest BCUT2D eigenvalue weighted by Gasteiger charge is -2.18. The van der Waals surface area contributed by atoms with Crippen LogP contribution in [0.5, 0.6) is 0 Å². The van der Waals surface area contributed by atoms with Crippen LogP contribution in [0.3, 0.4) is 0 Å². The molecule has 1 aromatic rings. The van der Waals surface area contributed by atoms with Crippen molar-refractivity contribution in [2.75, 3.05) is 11.0 Å². The molecule has 22 heavy (non-hydrogen) atoms. The number of anilines is 1. The second-order valence-electron chi connectivity index (χ2n) is 5.77. The van der Waals surface area contributed by atoms with Crippen LogP contribution >= 0.6 is 0 Å². The van der Waals surface area contributed by atoms with Gasteiger partial charge in [0.25, 0.3) is 0 Å². The summed E-state index contributed by atoms with van der Waals surface area (Å²) in [5.74, 6) is 0.0159. The molecule has 0 aliphatic rings. The van der Waals surface area contributed by atoms with E-state index >= 15 is 0 Å². The molecule has 0 aliphatic carbocycles. The molecule has 0 aliphatic heterocycles. The van der Waals surface area contributed by atoms with E-state index in [-0.39, 0.29) is 17.9 Å². The maximum absolute atomic E-state index is 12.1. The maximum atomic E-state index is 12.1. The molecule has 0 bridgehead atoms. The Labute approximate surface area is 133 Å². The highest BCUT2D eigenvalue weighted by molar-refractivity contribution is 7.92. The van der Waals surface area contributed by atoms with Crippen molar-refractivity contribution in [1.29, 1.82) is 0 Å². The van der Waals surface area contributed by atoms with Crippen molar-refractivity contribution in [3.05, 3.63) is 29.8 Å². The lowest BCUT2D eigenvalue weighted by Crippen LogP contribution is -2.31. The fraction of sp³-hybridized carbons (Fsp3) is 0.562. The molecule has 1 aromatic carbocycles. The Balaban J connectivity index is 2.71. The third-order valence-electron chi connectivity index (χ3n) is 3.49. The van der Waals surface area contributed by atoms with E-state index in [4.69, 9.17) is 0 Å². The molecule has 0 fully saturated rings. The van der Waals surface area contributed by atoms with Crippen molar-refractivity contribution in [3.8, 4) is 0 Å². The van der Waals surface area contributed by atoms with Gasteiger partial charge in [-0.3, -0.25) is 9.52 Å². The summed E-state index contributed by atoms with van der Waals surface area (Å²) >= 11 is 0. The summed E-state index contributed by atoms with van der Waals surface area (Å²) in [5, 5.41) is 2.98.